The normalized spacial score (nSPS) is 15.3. The molecule has 0 aliphatic carbocycles. The summed E-state index contributed by atoms with van der Waals surface area (Å²) in [6.07, 6.45) is 0.697. The molecule has 126 valence electrons. The zero-order chi connectivity index (χ0) is 16.8. The number of piperazine rings is 1. The lowest BCUT2D eigenvalue weighted by molar-refractivity contribution is 0.148. The first-order valence-corrected chi connectivity index (χ1v) is 8.29. The summed E-state index contributed by atoms with van der Waals surface area (Å²) in [6.45, 7) is 3.83. The molecule has 0 aromatic heterocycles. The molecule has 1 aliphatic rings. The Hall–Kier alpha value is -2.40. The first-order chi connectivity index (χ1) is 11.7. The quantitative estimate of drug-likeness (QED) is 0.936. The number of anilines is 1. The third kappa shape index (κ3) is 4.32. The molecule has 0 unspecified atom stereocenters. The first kappa shape index (κ1) is 16.5. The highest BCUT2D eigenvalue weighted by atomic mass is 19.1. The van der Waals surface area contributed by atoms with E-state index in [1.807, 2.05) is 47.4 Å². The minimum atomic E-state index is -0.140. The Bertz CT molecular complexity index is 669. The van der Waals surface area contributed by atoms with E-state index in [1.165, 1.54) is 6.07 Å². The van der Waals surface area contributed by atoms with Gasteiger partial charge in [0.05, 0.1) is 0 Å². The average Bonchev–Trinajstić information content (AvgIpc) is 2.62. The molecule has 2 amide bonds. The molecular formula is C19H22FN3O. The second kappa shape index (κ2) is 7.93. The zero-order valence-corrected chi connectivity index (χ0v) is 13.6. The zero-order valence-electron chi connectivity index (χ0n) is 13.6. The van der Waals surface area contributed by atoms with Gasteiger partial charge in [-0.3, -0.25) is 4.90 Å². The van der Waals surface area contributed by atoms with Crippen molar-refractivity contribution in [2.75, 3.05) is 38.0 Å². The Balaban J connectivity index is 1.44. The second-order valence-corrected chi connectivity index (χ2v) is 5.97. The molecule has 1 N–H and O–H groups in total. The molecule has 0 saturated carbocycles. The van der Waals surface area contributed by atoms with Crippen LogP contribution in [-0.2, 0) is 6.42 Å². The molecule has 0 atom stereocenters. The number of rotatable bonds is 4. The van der Waals surface area contributed by atoms with Gasteiger partial charge in [-0.25, -0.2) is 9.18 Å². The highest BCUT2D eigenvalue weighted by Crippen LogP contribution is 2.11. The van der Waals surface area contributed by atoms with Gasteiger partial charge in [0.25, 0.3) is 0 Å². The van der Waals surface area contributed by atoms with Crippen LogP contribution in [0.2, 0.25) is 0 Å². The largest absolute Gasteiger partial charge is 0.322 e. The van der Waals surface area contributed by atoms with Crippen LogP contribution in [-0.4, -0.2) is 48.6 Å². The topological polar surface area (TPSA) is 35.6 Å². The SMILES string of the molecule is O=C(Nc1ccccc1)N1CCN(CCc2ccccc2F)CC1. The lowest BCUT2D eigenvalue weighted by atomic mass is 10.1. The van der Waals surface area contributed by atoms with Crippen LogP contribution in [0, 0.1) is 5.82 Å². The number of carbonyl (C=O) groups is 1. The third-order valence-electron chi connectivity index (χ3n) is 4.34. The van der Waals surface area contributed by atoms with Crippen LogP contribution in [0.3, 0.4) is 0 Å². The number of halogens is 1. The molecule has 5 heteroatoms. The van der Waals surface area contributed by atoms with E-state index in [4.69, 9.17) is 0 Å². The summed E-state index contributed by atoms with van der Waals surface area (Å²) in [7, 11) is 0. The minimum absolute atomic E-state index is 0.0602. The second-order valence-electron chi connectivity index (χ2n) is 5.97. The van der Waals surface area contributed by atoms with Crippen molar-refractivity contribution in [1.29, 1.82) is 0 Å². The van der Waals surface area contributed by atoms with Crippen LogP contribution >= 0.6 is 0 Å². The fourth-order valence-electron chi connectivity index (χ4n) is 2.88. The molecule has 2 aromatic carbocycles. The van der Waals surface area contributed by atoms with Gasteiger partial charge in [0.2, 0.25) is 0 Å². The number of para-hydroxylation sites is 1. The summed E-state index contributed by atoms with van der Waals surface area (Å²) >= 11 is 0. The van der Waals surface area contributed by atoms with Crippen molar-refractivity contribution in [3.63, 3.8) is 0 Å². The summed E-state index contributed by atoms with van der Waals surface area (Å²) in [5.41, 5.74) is 1.56. The minimum Gasteiger partial charge on any atom is -0.322 e. The van der Waals surface area contributed by atoms with Crippen LogP contribution in [0.25, 0.3) is 0 Å². The molecule has 0 radical (unpaired) electrons. The van der Waals surface area contributed by atoms with Crippen LogP contribution in [0.15, 0.2) is 54.6 Å². The molecule has 1 saturated heterocycles. The molecule has 0 bridgehead atoms. The van der Waals surface area contributed by atoms with Crippen LogP contribution < -0.4 is 5.32 Å². The smallest absolute Gasteiger partial charge is 0.321 e. The molecule has 3 rings (SSSR count). The van der Waals surface area contributed by atoms with Crippen molar-refractivity contribution in [2.24, 2.45) is 0 Å². The predicted octanol–water partition coefficient (Wildman–Crippen LogP) is 3.22. The van der Waals surface area contributed by atoms with E-state index in [0.29, 0.717) is 19.5 Å². The van der Waals surface area contributed by atoms with Gasteiger partial charge in [-0.15, -0.1) is 0 Å². The molecule has 24 heavy (non-hydrogen) atoms. The number of benzene rings is 2. The van der Waals surface area contributed by atoms with Gasteiger partial charge in [-0.2, -0.15) is 0 Å². The molecular weight excluding hydrogens is 305 g/mol. The van der Waals surface area contributed by atoms with E-state index < -0.39 is 0 Å². The monoisotopic (exact) mass is 327 g/mol. The van der Waals surface area contributed by atoms with Gasteiger partial charge < -0.3 is 10.2 Å². The summed E-state index contributed by atoms with van der Waals surface area (Å²) < 4.78 is 13.6. The first-order valence-electron chi connectivity index (χ1n) is 8.29. The number of urea groups is 1. The van der Waals surface area contributed by atoms with Crippen molar-refractivity contribution in [3.8, 4) is 0 Å². The fourth-order valence-corrected chi connectivity index (χ4v) is 2.88. The van der Waals surface area contributed by atoms with Crippen LogP contribution in [0.5, 0.6) is 0 Å². The lowest BCUT2D eigenvalue weighted by Gasteiger charge is -2.34. The number of hydrogen-bond donors (Lipinski definition) is 1. The Kier molecular flexibility index (Phi) is 5.43. The number of carbonyl (C=O) groups excluding carboxylic acids is 1. The lowest BCUT2D eigenvalue weighted by Crippen LogP contribution is -2.50. The number of nitrogens with zero attached hydrogens (tertiary/aromatic N) is 2. The van der Waals surface area contributed by atoms with Crippen LogP contribution in [0.1, 0.15) is 5.56 Å². The van der Waals surface area contributed by atoms with E-state index >= 15 is 0 Å². The van der Waals surface area contributed by atoms with E-state index in [1.54, 1.807) is 6.07 Å². The number of hydrogen-bond acceptors (Lipinski definition) is 2. The van der Waals surface area contributed by atoms with Crippen molar-refractivity contribution in [1.82, 2.24) is 9.80 Å². The van der Waals surface area contributed by atoms with Crippen molar-refractivity contribution >= 4 is 11.7 Å². The van der Waals surface area contributed by atoms with E-state index in [-0.39, 0.29) is 11.8 Å². The Labute approximate surface area is 141 Å². The van der Waals surface area contributed by atoms with Gasteiger partial charge in [0.1, 0.15) is 5.82 Å². The summed E-state index contributed by atoms with van der Waals surface area (Å²) in [5, 5.41) is 2.91. The van der Waals surface area contributed by atoms with Gasteiger partial charge in [-0.1, -0.05) is 36.4 Å². The van der Waals surface area contributed by atoms with E-state index in [0.717, 1.165) is 30.9 Å². The van der Waals surface area contributed by atoms with Gasteiger partial charge in [0, 0.05) is 38.4 Å². The maximum Gasteiger partial charge on any atom is 0.321 e. The highest BCUT2D eigenvalue weighted by Gasteiger charge is 2.21. The number of amides is 2. The molecule has 1 aliphatic heterocycles. The highest BCUT2D eigenvalue weighted by molar-refractivity contribution is 5.89. The van der Waals surface area contributed by atoms with Crippen molar-refractivity contribution in [3.05, 3.63) is 66.0 Å². The van der Waals surface area contributed by atoms with Gasteiger partial charge in [0.15, 0.2) is 0 Å². The maximum atomic E-state index is 13.6. The Morgan fingerprint density at radius 3 is 2.33 bits per heavy atom. The number of nitrogens with one attached hydrogen (secondary N) is 1. The molecule has 1 heterocycles. The average molecular weight is 327 g/mol. The summed E-state index contributed by atoms with van der Waals surface area (Å²) in [5.74, 6) is -0.140. The van der Waals surface area contributed by atoms with Gasteiger partial charge in [-0.05, 0) is 30.2 Å². The molecule has 2 aromatic rings. The van der Waals surface area contributed by atoms with E-state index in [2.05, 4.69) is 10.2 Å². The predicted molar refractivity (Wildman–Crippen MR) is 93.6 cm³/mol. The van der Waals surface area contributed by atoms with Gasteiger partial charge >= 0.3 is 6.03 Å². The standard InChI is InChI=1S/C19H22FN3O/c20-18-9-5-4-6-16(18)10-11-22-12-14-23(15-13-22)19(24)21-17-7-2-1-3-8-17/h1-9H,10-15H2,(H,21,24). The Morgan fingerprint density at radius 1 is 0.958 bits per heavy atom. The Morgan fingerprint density at radius 2 is 1.62 bits per heavy atom. The molecule has 1 fully saturated rings. The third-order valence-corrected chi connectivity index (χ3v) is 4.34. The summed E-state index contributed by atoms with van der Waals surface area (Å²) in [6, 6.07) is 16.3. The van der Waals surface area contributed by atoms with Crippen LogP contribution in [0.4, 0.5) is 14.9 Å². The maximum absolute atomic E-state index is 13.6. The molecule has 0 spiro atoms. The summed E-state index contributed by atoms with van der Waals surface area (Å²) in [4.78, 5) is 16.3. The molecule has 4 nitrogen and oxygen atoms in total. The van der Waals surface area contributed by atoms with E-state index in [9.17, 15) is 9.18 Å². The fraction of sp³-hybridized carbons (Fsp3) is 0.316. The van der Waals surface area contributed by atoms with Crippen molar-refractivity contribution < 1.29 is 9.18 Å². The van der Waals surface area contributed by atoms with Crippen molar-refractivity contribution in [2.45, 2.75) is 6.42 Å².